The first kappa shape index (κ1) is 10.6. The van der Waals surface area contributed by atoms with Gasteiger partial charge in [0.1, 0.15) is 5.82 Å². The Morgan fingerprint density at radius 3 is 3.12 bits per heavy atom. The fourth-order valence-corrected chi connectivity index (χ4v) is 2.43. The first-order valence-electron chi connectivity index (χ1n) is 5.42. The predicted molar refractivity (Wildman–Crippen MR) is 66.0 cm³/mol. The molecule has 6 heteroatoms. The zero-order valence-electron chi connectivity index (χ0n) is 9.43. The predicted octanol–water partition coefficient (Wildman–Crippen LogP) is 1.71. The molecule has 0 bridgehead atoms. The van der Waals surface area contributed by atoms with Gasteiger partial charge in [0.2, 0.25) is 0 Å². The molecule has 0 unspecified atom stereocenters. The van der Waals surface area contributed by atoms with Crippen molar-refractivity contribution in [1.82, 2.24) is 15.0 Å². The zero-order chi connectivity index (χ0) is 11.7. The summed E-state index contributed by atoms with van der Waals surface area (Å²) in [7, 11) is 1.87. The molecule has 0 spiro atoms. The van der Waals surface area contributed by atoms with Crippen molar-refractivity contribution in [3.8, 4) is 10.7 Å². The molecule has 17 heavy (non-hydrogen) atoms. The van der Waals surface area contributed by atoms with Crippen molar-refractivity contribution < 1.29 is 4.74 Å². The lowest BCUT2D eigenvalue weighted by atomic mass is 10.1. The normalized spacial score (nSPS) is 14.4. The molecule has 5 nitrogen and oxygen atoms in total. The molecule has 0 saturated heterocycles. The van der Waals surface area contributed by atoms with Gasteiger partial charge >= 0.3 is 0 Å². The zero-order valence-corrected chi connectivity index (χ0v) is 10.3. The summed E-state index contributed by atoms with van der Waals surface area (Å²) in [6.45, 7) is 1.32. The monoisotopic (exact) mass is 248 g/mol. The summed E-state index contributed by atoms with van der Waals surface area (Å²) in [6.07, 6.45) is 2.64. The molecule has 1 aliphatic rings. The fraction of sp³-hybridized carbons (Fsp3) is 0.364. The average molecular weight is 248 g/mol. The van der Waals surface area contributed by atoms with Crippen molar-refractivity contribution in [2.45, 2.75) is 13.0 Å². The lowest BCUT2D eigenvalue weighted by molar-refractivity contribution is 0.109. The molecule has 1 aliphatic heterocycles. The van der Waals surface area contributed by atoms with Gasteiger partial charge in [0.15, 0.2) is 5.82 Å². The van der Waals surface area contributed by atoms with Crippen LogP contribution in [0.25, 0.3) is 10.7 Å². The third-order valence-corrected chi connectivity index (χ3v) is 3.48. The fourth-order valence-electron chi connectivity index (χ4n) is 1.88. The first-order chi connectivity index (χ1) is 8.38. The minimum absolute atomic E-state index is 0.592. The maximum absolute atomic E-state index is 5.44. The minimum atomic E-state index is 0.592. The summed E-state index contributed by atoms with van der Waals surface area (Å²) in [4.78, 5) is 14.2. The standard InChI is InChI=1S/C11H12N4OS/c1-12-10-7-5-16-3-2-8(7)14-11(15-10)9-4-13-6-17-9/h4,6H,2-3,5H2,1H3,(H,12,14,15). The minimum Gasteiger partial charge on any atom is -0.376 e. The highest BCUT2D eigenvalue weighted by Crippen LogP contribution is 2.27. The lowest BCUT2D eigenvalue weighted by Gasteiger charge is -2.18. The Hall–Kier alpha value is -1.53. The SMILES string of the molecule is CNc1nc(-c2cncs2)nc2c1COCC2. The molecule has 2 aromatic heterocycles. The molecule has 0 fully saturated rings. The number of nitrogens with one attached hydrogen (secondary N) is 1. The second-order valence-electron chi connectivity index (χ2n) is 3.74. The summed E-state index contributed by atoms with van der Waals surface area (Å²) in [5.41, 5.74) is 3.95. The van der Waals surface area contributed by atoms with Crippen molar-refractivity contribution >= 4 is 17.2 Å². The van der Waals surface area contributed by atoms with Gasteiger partial charge < -0.3 is 10.1 Å². The van der Waals surface area contributed by atoms with Crippen molar-refractivity contribution in [1.29, 1.82) is 0 Å². The van der Waals surface area contributed by atoms with Gasteiger partial charge in [-0.15, -0.1) is 11.3 Å². The van der Waals surface area contributed by atoms with Gasteiger partial charge in [-0.05, 0) is 0 Å². The third-order valence-electron chi connectivity index (χ3n) is 2.71. The number of aromatic nitrogens is 3. The van der Waals surface area contributed by atoms with Crippen LogP contribution >= 0.6 is 11.3 Å². The number of nitrogens with zero attached hydrogens (tertiary/aromatic N) is 3. The Morgan fingerprint density at radius 2 is 2.35 bits per heavy atom. The van der Waals surface area contributed by atoms with Crippen LogP contribution in [0.2, 0.25) is 0 Å². The number of hydrogen-bond acceptors (Lipinski definition) is 6. The van der Waals surface area contributed by atoms with E-state index in [2.05, 4.69) is 20.3 Å². The molecule has 0 aliphatic carbocycles. The number of anilines is 1. The highest BCUT2D eigenvalue weighted by atomic mass is 32.1. The van der Waals surface area contributed by atoms with Crippen LogP contribution in [0.15, 0.2) is 11.7 Å². The maximum atomic E-state index is 5.44. The maximum Gasteiger partial charge on any atom is 0.173 e. The quantitative estimate of drug-likeness (QED) is 0.876. The molecule has 3 heterocycles. The highest BCUT2D eigenvalue weighted by molar-refractivity contribution is 7.13. The number of ether oxygens (including phenoxy) is 1. The summed E-state index contributed by atoms with van der Waals surface area (Å²) in [5, 5.41) is 3.11. The molecular formula is C11H12N4OS. The van der Waals surface area contributed by atoms with Crippen LogP contribution in [0.1, 0.15) is 11.3 Å². The number of hydrogen-bond donors (Lipinski definition) is 1. The molecule has 0 amide bonds. The van der Waals surface area contributed by atoms with E-state index < -0.39 is 0 Å². The molecule has 0 radical (unpaired) electrons. The molecule has 88 valence electrons. The van der Waals surface area contributed by atoms with E-state index in [1.807, 2.05) is 7.05 Å². The molecule has 0 saturated carbocycles. The van der Waals surface area contributed by atoms with Gasteiger partial charge in [-0.25, -0.2) is 9.97 Å². The van der Waals surface area contributed by atoms with E-state index in [4.69, 9.17) is 4.74 Å². The second kappa shape index (κ2) is 4.38. The number of fused-ring (bicyclic) bond motifs is 1. The van der Waals surface area contributed by atoms with Crippen LogP contribution < -0.4 is 5.32 Å². The van der Waals surface area contributed by atoms with E-state index >= 15 is 0 Å². The molecule has 0 aromatic carbocycles. The lowest BCUT2D eigenvalue weighted by Crippen LogP contribution is -2.16. The Balaban J connectivity index is 2.12. The van der Waals surface area contributed by atoms with Gasteiger partial charge in [0.05, 0.1) is 29.3 Å². The van der Waals surface area contributed by atoms with Gasteiger partial charge in [0, 0.05) is 25.2 Å². The highest BCUT2D eigenvalue weighted by Gasteiger charge is 2.18. The number of thiazole rings is 1. The van der Waals surface area contributed by atoms with Crippen LogP contribution in [0.4, 0.5) is 5.82 Å². The Kier molecular flexibility index (Phi) is 2.74. The Bertz CT molecular complexity index is 509. The van der Waals surface area contributed by atoms with Crippen molar-refractivity contribution in [2.24, 2.45) is 0 Å². The van der Waals surface area contributed by atoms with Crippen LogP contribution in [-0.2, 0) is 17.8 Å². The largest absolute Gasteiger partial charge is 0.376 e. The second-order valence-corrected chi connectivity index (χ2v) is 4.63. The van der Waals surface area contributed by atoms with E-state index in [0.717, 1.165) is 40.8 Å². The van der Waals surface area contributed by atoms with Crippen molar-refractivity contribution in [3.05, 3.63) is 23.0 Å². The topological polar surface area (TPSA) is 59.9 Å². The van der Waals surface area contributed by atoms with Gasteiger partial charge in [-0.2, -0.15) is 0 Å². The molecule has 0 atom stereocenters. The molecule has 2 aromatic rings. The Labute approximate surface area is 103 Å². The van der Waals surface area contributed by atoms with E-state index in [0.29, 0.717) is 6.61 Å². The summed E-state index contributed by atoms with van der Waals surface area (Å²) in [5.74, 6) is 1.61. The van der Waals surface area contributed by atoms with Crippen molar-refractivity contribution in [3.63, 3.8) is 0 Å². The molecule has 3 rings (SSSR count). The average Bonchev–Trinajstić information content (AvgIpc) is 2.91. The van der Waals surface area contributed by atoms with Crippen LogP contribution in [0.3, 0.4) is 0 Å². The van der Waals surface area contributed by atoms with Gasteiger partial charge in [-0.3, -0.25) is 4.98 Å². The van der Waals surface area contributed by atoms with Crippen molar-refractivity contribution in [2.75, 3.05) is 19.0 Å². The van der Waals surface area contributed by atoms with Gasteiger partial charge in [0.25, 0.3) is 0 Å². The molecule has 1 N–H and O–H groups in total. The summed E-state index contributed by atoms with van der Waals surface area (Å²) >= 11 is 1.55. The van der Waals surface area contributed by atoms with E-state index in [-0.39, 0.29) is 0 Å². The van der Waals surface area contributed by atoms with E-state index in [1.165, 1.54) is 0 Å². The van der Waals surface area contributed by atoms with Crippen LogP contribution in [0, 0.1) is 0 Å². The number of rotatable bonds is 2. The first-order valence-corrected chi connectivity index (χ1v) is 6.30. The summed E-state index contributed by atoms with van der Waals surface area (Å²) < 4.78 is 5.44. The summed E-state index contributed by atoms with van der Waals surface area (Å²) in [6, 6.07) is 0. The third kappa shape index (κ3) is 1.89. The van der Waals surface area contributed by atoms with E-state index in [9.17, 15) is 0 Å². The molecular weight excluding hydrogens is 236 g/mol. The Morgan fingerprint density at radius 1 is 1.41 bits per heavy atom. The van der Waals surface area contributed by atoms with Crippen LogP contribution in [-0.4, -0.2) is 28.6 Å². The van der Waals surface area contributed by atoms with E-state index in [1.54, 1.807) is 23.0 Å². The smallest absolute Gasteiger partial charge is 0.173 e. The van der Waals surface area contributed by atoms with Gasteiger partial charge in [-0.1, -0.05) is 0 Å². The van der Waals surface area contributed by atoms with Crippen LogP contribution in [0.5, 0.6) is 0 Å².